The van der Waals surface area contributed by atoms with Crippen molar-refractivity contribution in [3.05, 3.63) is 23.5 Å². The molecule has 3 amide bonds. The molecule has 0 bridgehead atoms. The third-order valence-corrected chi connectivity index (χ3v) is 2.18. The lowest BCUT2D eigenvalue weighted by Gasteiger charge is -2.04. The fourth-order valence-corrected chi connectivity index (χ4v) is 1.47. The summed E-state index contributed by atoms with van der Waals surface area (Å²) in [6.45, 7) is 0. The molecule has 1 aliphatic rings. The Morgan fingerprint density at radius 2 is 2.13 bits per heavy atom. The van der Waals surface area contributed by atoms with Crippen LogP contribution in [0.4, 0.5) is 4.79 Å². The number of carbonyl (C=O) groups is 3. The lowest BCUT2D eigenvalue weighted by molar-refractivity contribution is -0.120. The summed E-state index contributed by atoms with van der Waals surface area (Å²) < 4.78 is 0. The number of carbonyl (C=O) groups excluding carboxylic acids is 3. The molecule has 0 saturated carbocycles. The first-order chi connectivity index (χ1) is 7.19. The molecule has 1 aromatic heterocycles. The molecule has 0 unspecified atom stereocenters. The van der Waals surface area contributed by atoms with Crippen LogP contribution in [0, 0.1) is 0 Å². The van der Waals surface area contributed by atoms with Crippen LogP contribution in [0.1, 0.15) is 16.2 Å². The van der Waals surface area contributed by atoms with Crippen molar-refractivity contribution in [1.29, 1.82) is 0 Å². The summed E-state index contributed by atoms with van der Waals surface area (Å²) >= 11 is 0. The van der Waals surface area contributed by atoms with E-state index in [1.165, 1.54) is 0 Å². The van der Waals surface area contributed by atoms with E-state index in [0.29, 0.717) is 18.4 Å². The molecule has 2 heterocycles. The Balaban J connectivity index is 2.05. The number of H-pyrrole nitrogens is 1. The maximum atomic E-state index is 11.2. The summed E-state index contributed by atoms with van der Waals surface area (Å²) in [5.74, 6) is -0.345. The van der Waals surface area contributed by atoms with Gasteiger partial charge in [0.2, 0.25) is 0 Å². The van der Waals surface area contributed by atoms with Gasteiger partial charge in [0.05, 0.1) is 5.69 Å². The molecule has 0 spiro atoms. The van der Waals surface area contributed by atoms with Gasteiger partial charge in [-0.1, -0.05) is 0 Å². The molecule has 1 aromatic rings. The Labute approximate surface area is 85.0 Å². The minimum Gasteiger partial charge on any atom is -0.356 e. The molecule has 3 N–H and O–H groups in total. The van der Waals surface area contributed by atoms with Crippen molar-refractivity contribution in [2.24, 2.45) is 0 Å². The summed E-state index contributed by atoms with van der Waals surface area (Å²) in [5.41, 5.74) is 1.19. The summed E-state index contributed by atoms with van der Waals surface area (Å²) in [7, 11) is 0. The molecule has 6 heteroatoms. The highest BCUT2D eigenvalue weighted by molar-refractivity contribution is 6.04. The number of aromatic amines is 1. The number of aromatic nitrogens is 1. The summed E-state index contributed by atoms with van der Waals surface area (Å²) in [6, 6.07) is 2.29. The fourth-order valence-electron chi connectivity index (χ4n) is 1.47. The molecule has 6 nitrogen and oxygen atoms in total. The van der Waals surface area contributed by atoms with Gasteiger partial charge in [0.25, 0.3) is 5.91 Å². The van der Waals surface area contributed by atoms with Gasteiger partial charge in [-0.25, -0.2) is 4.79 Å². The molecule has 0 aromatic carbocycles. The normalized spacial score (nSPS) is 19.9. The predicted octanol–water partition coefficient (Wildman–Crippen LogP) is -0.422. The zero-order valence-electron chi connectivity index (χ0n) is 7.74. The zero-order chi connectivity index (χ0) is 10.8. The number of amides is 3. The number of imide groups is 1. The smallest absolute Gasteiger partial charge is 0.322 e. The Hall–Kier alpha value is -2.11. The number of hydrogen-bond donors (Lipinski definition) is 3. The molecule has 1 aliphatic heterocycles. The van der Waals surface area contributed by atoms with Gasteiger partial charge in [0.15, 0.2) is 6.29 Å². The van der Waals surface area contributed by atoms with Crippen molar-refractivity contribution in [3.63, 3.8) is 0 Å². The minimum atomic E-state index is -0.560. The van der Waals surface area contributed by atoms with Crippen LogP contribution in [0.3, 0.4) is 0 Å². The van der Waals surface area contributed by atoms with E-state index in [1.54, 1.807) is 12.1 Å². The molecule has 1 saturated heterocycles. The highest BCUT2D eigenvalue weighted by Crippen LogP contribution is 2.05. The number of urea groups is 1. The van der Waals surface area contributed by atoms with Crippen molar-refractivity contribution >= 4 is 18.2 Å². The molecule has 1 atom stereocenters. The monoisotopic (exact) mass is 207 g/mol. The second-order valence-corrected chi connectivity index (χ2v) is 3.28. The second kappa shape index (κ2) is 3.56. The topological polar surface area (TPSA) is 91.1 Å². The van der Waals surface area contributed by atoms with Crippen LogP contribution in [0.2, 0.25) is 0 Å². The van der Waals surface area contributed by atoms with Gasteiger partial charge in [-0.05, 0) is 12.1 Å². The van der Waals surface area contributed by atoms with Crippen LogP contribution < -0.4 is 10.6 Å². The van der Waals surface area contributed by atoms with E-state index >= 15 is 0 Å². The molecular formula is C9H9N3O3. The van der Waals surface area contributed by atoms with E-state index in [-0.39, 0.29) is 5.91 Å². The Kier molecular flexibility index (Phi) is 2.24. The van der Waals surface area contributed by atoms with Crippen molar-refractivity contribution < 1.29 is 14.4 Å². The average molecular weight is 207 g/mol. The van der Waals surface area contributed by atoms with Gasteiger partial charge in [0, 0.05) is 12.1 Å². The summed E-state index contributed by atoms with van der Waals surface area (Å²) in [5, 5.41) is 4.61. The first-order valence-corrected chi connectivity index (χ1v) is 4.43. The maximum Gasteiger partial charge on any atom is 0.322 e. The van der Waals surface area contributed by atoms with Crippen molar-refractivity contribution in [2.75, 3.05) is 0 Å². The summed E-state index contributed by atoms with van der Waals surface area (Å²) in [6.07, 6.45) is 1.04. The molecular weight excluding hydrogens is 198 g/mol. The van der Waals surface area contributed by atoms with Crippen LogP contribution in [0.5, 0.6) is 0 Å². The predicted molar refractivity (Wildman–Crippen MR) is 50.3 cm³/mol. The third-order valence-electron chi connectivity index (χ3n) is 2.18. The van der Waals surface area contributed by atoms with E-state index in [2.05, 4.69) is 15.6 Å². The van der Waals surface area contributed by atoms with E-state index in [0.717, 1.165) is 5.69 Å². The number of hydrogen-bond acceptors (Lipinski definition) is 3. The molecule has 0 aliphatic carbocycles. The molecule has 2 rings (SSSR count). The number of rotatable bonds is 3. The third kappa shape index (κ3) is 1.88. The van der Waals surface area contributed by atoms with Gasteiger partial charge in [0.1, 0.15) is 6.04 Å². The van der Waals surface area contributed by atoms with Crippen molar-refractivity contribution in [1.82, 2.24) is 15.6 Å². The Bertz CT molecular complexity index is 424. The van der Waals surface area contributed by atoms with Gasteiger partial charge in [-0.15, -0.1) is 0 Å². The SMILES string of the molecule is O=Cc1ccc(C[C@@H]2NC(=O)NC2=O)[nH]1. The Morgan fingerprint density at radius 3 is 2.67 bits per heavy atom. The lowest BCUT2D eigenvalue weighted by atomic mass is 10.1. The van der Waals surface area contributed by atoms with Crippen LogP contribution in [0.25, 0.3) is 0 Å². The highest BCUT2D eigenvalue weighted by atomic mass is 16.2. The van der Waals surface area contributed by atoms with Crippen LogP contribution in [-0.4, -0.2) is 29.3 Å². The molecule has 15 heavy (non-hydrogen) atoms. The largest absolute Gasteiger partial charge is 0.356 e. The van der Waals surface area contributed by atoms with Gasteiger partial charge >= 0.3 is 6.03 Å². The number of nitrogens with one attached hydrogen (secondary N) is 3. The van der Waals surface area contributed by atoms with Crippen LogP contribution in [0.15, 0.2) is 12.1 Å². The summed E-state index contributed by atoms with van der Waals surface area (Å²) in [4.78, 5) is 35.2. The second-order valence-electron chi connectivity index (χ2n) is 3.28. The lowest BCUT2D eigenvalue weighted by Crippen LogP contribution is -2.31. The Morgan fingerprint density at radius 1 is 1.33 bits per heavy atom. The first kappa shape index (κ1) is 9.45. The van der Waals surface area contributed by atoms with E-state index in [1.807, 2.05) is 0 Å². The van der Waals surface area contributed by atoms with Gasteiger partial charge in [-0.3, -0.25) is 14.9 Å². The maximum absolute atomic E-state index is 11.2. The van der Waals surface area contributed by atoms with Crippen LogP contribution in [-0.2, 0) is 11.2 Å². The van der Waals surface area contributed by atoms with Crippen molar-refractivity contribution in [2.45, 2.75) is 12.5 Å². The molecule has 1 fully saturated rings. The van der Waals surface area contributed by atoms with E-state index in [9.17, 15) is 14.4 Å². The average Bonchev–Trinajstić information content (AvgIpc) is 2.75. The zero-order valence-corrected chi connectivity index (χ0v) is 7.74. The fraction of sp³-hybridized carbons (Fsp3) is 0.222. The highest BCUT2D eigenvalue weighted by Gasteiger charge is 2.29. The van der Waals surface area contributed by atoms with E-state index in [4.69, 9.17) is 0 Å². The van der Waals surface area contributed by atoms with Gasteiger partial charge < -0.3 is 10.3 Å². The molecule has 78 valence electrons. The quantitative estimate of drug-likeness (QED) is 0.464. The minimum absolute atomic E-state index is 0.345. The van der Waals surface area contributed by atoms with Gasteiger partial charge in [-0.2, -0.15) is 0 Å². The molecule has 0 radical (unpaired) electrons. The van der Waals surface area contributed by atoms with Crippen molar-refractivity contribution in [3.8, 4) is 0 Å². The standard InChI is InChI=1S/C9H9N3O3/c13-4-6-2-1-5(10-6)3-7-8(14)12-9(15)11-7/h1-2,4,7,10H,3H2,(H2,11,12,14,15)/t7-/m0/s1. The number of aldehydes is 1. The van der Waals surface area contributed by atoms with Crippen LogP contribution >= 0.6 is 0 Å². The van der Waals surface area contributed by atoms with E-state index < -0.39 is 12.1 Å². The first-order valence-electron chi connectivity index (χ1n) is 4.43.